The summed E-state index contributed by atoms with van der Waals surface area (Å²) in [4.78, 5) is 6.71. The Bertz CT molecular complexity index is 493. The average Bonchev–Trinajstić information content (AvgIpc) is 2.77. The van der Waals surface area contributed by atoms with E-state index in [1.54, 1.807) is 12.5 Å². The van der Waals surface area contributed by atoms with Crippen LogP contribution in [0.25, 0.3) is 5.65 Å². The van der Waals surface area contributed by atoms with Gasteiger partial charge < -0.3 is 10.2 Å². The molecule has 0 amide bonds. The molecule has 1 saturated heterocycles. The van der Waals surface area contributed by atoms with Crippen LogP contribution in [-0.2, 0) is 0 Å². The van der Waals surface area contributed by atoms with Crippen LogP contribution < -0.4 is 10.2 Å². The van der Waals surface area contributed by atoms with Gasteiger partial charge in [-0.15, -0.1) is 10.2 Å². The first-order chi connectivity index (χ1) is 7.86. The Balaban J connectivity index is 2.07. The second-order valence-corrected chi connectivity index (χ2v) is 4.06. The van der Waals surface area contributed by atoms with Gasteiger partial charge in [0.1, 0.15) is 6.33 Å². The summed E-state index contributed by atoms with van der Waals surface area (Å²) in [5.41, 5.74) is 0.830. The molecule has 1 fully saturated rings. The van der Waals surface area contributed by atoms with Crippen molar-refractivity contribution in [1.82, 2.24) is 24.9 Å². The molecule has 1 atom stereocenters. The van der Waals surface area contributed by atoms with E-state index in [0.29, 0.717) is 6.04 Å². The monoisotopic (exact) mass is 218 g/mol. The van der Waals surface area contributed by atoms with Crippen molar-refractivity contribution in [2.45, 2.75) is 13.0 Å². The van der Waals surface area contributed by atoms with Crippen molar-refractivity contribution in [1.29, 1.82) is 0 Å². The fraction of sp³-hybridized carbons (Fsp3) is 0.500. The summed E-state index contributed by atoms with van der Waals surface area (Å²) < 4.78 is 1.90. The lowest BCUT2D eigenvalue weighted by atomic mass is 10.2. The molecule has 3 heterocycles. The third-order valence-electron chi connectivity index (χ3n) is 2.97. The smallest absolute Gasteiger partial charge is 0.203 e. The largest absolute Gasteiger partial charge is 0.348 e. The number of nitrogens with one attached hydrogen (secondary N) is 1. The summed E-state index contributed by atoms with van der Waals surface area (Å²) >= 11 is 0. The maximum Gasteiger partial charge on any atom is 0.203 e. The van der Waals surface area contributed by atoms with E-state index in [1.807, 2.05) is 10.6 Å². The van der Waals surface area contributed by atoms with Gasteiger partial charge in [-0.3, -0.25) is 4.40 Å². The first-order valence-corrected chi connectivity index (χ1v) is 5.48. The molecular formula is C10H14N6. The Kier molecular flexibility index (Phi) is 2.21. The minimum Gasteiger partial charge on any atom is -0.348 e. The van der Waals surface area contributed by atoms with Gasteiger partial charge in [-0.25, -0.2) is 4.98 Å². The Morgan fingerprint density at radius 3 is 3.31 bits per heavy atom. The van der Waals surface area contributed by atoms with E-state index >= 15 is 0 Å². The van der Waals surface area contributed by atoms with Crippen molar-refractivity contribution in [3.8, 4) is 0 Å². The maximum absolute atomic E-state index is 4.43. The van der Waals surface area contributed by atoms with E-state index in [1.165, 1.54) is 0 Å². The maximum atomic E-state index is 4.43. The minimum atomic E-state index is 0.434. The highest BCUT2D eigenvalue weighted by molar-refractivity contribution is 5.63. The van der Waals surface area contributed by atoms with Gasteiger partial charge >= 0.3 is 0 Å². The van der Waals surface area contributed by atoms with E-state index in [-0.39, 0.29) is 0 Å². The van der Waals surface area contributed by atoms with E-state index < -0.39 is 0 Å². The Labute approximate surface area is 93.3 Å². The van der Waals surface area contributed by atoms with Gasteiger partial charge in [-0.2, -0.15) is 0 Å². The Morgan fingerprint density at radius 1 is 1.50 bits per heavy atom. The zero-order chi connectivity index (χ0) is 11.0. The standard InChI is InChI=1S/C10H14N6/c1-8-6-11-2-5-16(8)9-10-14-13-7-15(10)4-3-12-9/h3-4,7-8,11H,2,5-6H2,1H3/t8-/m1/s1. The first kappa shape index (κ1) is 9.53. The van der Waals surface area contributed by atoms with Crippen molar-refractivity contribution in [2.75, 3.05) is 24.5 Å². The fourth-order valence-electron chi connectivity index (χ4n) is 2.10. The third kappa shape index (κ3) is 1.42. The van der Waals surface area contributed by atoms with Crippen LogP contribution in [0.3, 0.4) is 0 Å². The van der Waals surface area contributed by atoms with Crippen LogP contribution in [0.2, 0.25) is 0 Å². The summed E-state index contributed by atoms with van der Waals surface area (Å²) in [5, 5.41) is 11.4. The van der Waals surface area contributed by atoms with Crippen molar-refractivity contribution in [2.24, 2.45) is 0 Å². The summed E-state index contributed by atoms with van der Waals surface area (Å²) in [6.07, 6.45) is 5.36. The normalized spacial score (nSPS) is 21.6. The SMILES string of the molecule is C[C@@H]1CNCCN1c1nccn2cnnc12. The van der Waals surface area contributed by atoms with Gasteiger partial charge in [0.15, 0.2) is 5.82 Å². The molecule has 0 saturated carbocycles. The second-order valence-electron chi connectivity index (χ2n) is 4.06. The molecule has 0 aliphatic carbocycles. The number of hydrogen-bond acceptors (Lipinski definition) is 5. The molecule has 2 aromatic heterocycles. The van der Waals surface area contributed by atoms with Crippen LogP contribution in [0.5, 0.6) is 0 Å². The van der Waals surface area contributed by atoms with Crippen molar-refractivity contribution in [3.63, 3.8) is 0 Å². The number of hydrogen-bond donors (Lipinski definition) is 1. The number of anilines is 1. The summed E-state index contributed by atoms with van der Waals surface area (Å²) in [6.45, 7) is 5.12. The zero-order valence-corrected chi connectivity index (χ0v) is 9.17. The van der Waals surface area contributed by atoms with Gasteiger partial charge in [0.25, 0.3) is 0 Å². The van der Waals surface area contributed by atoms with Crippen molar-refractivity contribution >= 4 is 11.5 Å². The molecule has 6 heteroatoms. The molecule has 6 nitrogen and oxygen atoms in total. The van der Waals surface area contributed by atoms with E-state index in [4.69, 9.17) is 0 Å². The summed E-state index contributed by atoms with van der Waals surface area (Å²) in [7, 11) is 0. The molecule has 0 radical (unpaired) electrons. The predicted octanol–water partition coefficient (Wildman–Crippen LogP) is -0.0776. The molecule has 0 aromatic carbocycles. The van der Waals surface area contributed by atoms with Crippen molar-refractivity contribution < 1.29 is 0 Å². The number of rotatable bonds is 1. The molecule has 1 N–H and O–H groups in total. The molecule has 1 aliphatic rings. The van der Waals surface area contributed by atoms with Gasteiger partial charge in [-0.05, 0) is 6.92 Å². The van der Waals surface area contributed by atoms with Crippen molar-refractivity contribution in [3.05, 3.63) is 18.7 Å². The second kappa shape index (κ2) is 3.71. The van der Waals surface area contributed by atoms with Gasteiger partial charge in [-0.1, -0.05) is 0 Å². The molecular weight excluding hydrogens is 204 g/mol. The van der Waals surface area contributed by atoms with Gasteiger partial charge in [0, 0.05) is 38.1 Å². The molecule has 84 valence electrons. The van der Waals surface area contributed by atoms with Gasteiger partial charge in [0.05, 0.1) is 0 Å². The van der Waals surface area contributed by atoms with E-state index in [9.17, 15) is 0 Å². The highest BCUT2D eigenvalue weighted by atomic mass is 15.3. The van der Waals surface area contributed by atoms with Gasteiger partial charge in [0.2, 0.25) is 5.65 Å². The zero-order valence-electron chi connectivity index (χ0n) is 9.17. The predicted molar refractivity (Wildman–Crippen MR) is 60.5 cm³/mol. The lowest BCUT2D eigenvalue weighted by Crippen LogP contribution is -2.50. The molecule has 16 heavy (non-hydrogen) atoms. The minimum absolute atomic E-state index is 0.434. The van der Waals surface area contributed by atoms with Crippen LogP contribution in [0.15, 0.2) is 18.7 Å². The highest BCUT2D eigenvalue weighted by Gasteiger charge is 2.21. The molecule has 0 bridgehead atoms. The van der Waals surface area contributed by atoms with Crippen LogP contribution >= 0.6 is 0 Å². The number of fused-ring (bicyclic) bond motifs is 1. The van der Waals surface area contributed by atoms with Crippen LogP contribution in [0.4, 0.5) is 5.82 Å². The molecule has 0 unspecified atom stereocenters. The molecule has 1 aliphatic heterocycles. The first-order valence-electron chi connectivity index (χ1n) is 5.48. The highest BCUT2D eigenvalue weighted by Crippen LogP contribution is 2.19. The summed E-state index contributed by atoms with van der Waals surface area (Å²) in [5.74, 6) is 0.925. The number of piperazine rings is 1. The lowest BCUT2D eigenvalue weighted by molar-refractivity contribution is 0.497. The molecule has 3 rings (SSSR count). The average molecular weight is 218 g/mol. The van der Waals surface area contributed by atoms with E-state index in [2.05, 4.69) is 32.3 Å². The molecule has 2 aromatic rings. The van der Waals surface area contributed by atoms with Crippen LogP contribution in [-0.4, -0.2) is 45.3 Å². The topological polar surface area (TPSA) is 58.4 Å². The Morgan fingerprint density at radius 2 is 2.44 bits per heavy atom. The number of nitrogens with zero attached hydrogens (tertiary/aromatic N) is 5. The lowest BCUT2D eigenvalue weighted by Gasteiger charge is -2.34. The van der Waals surface area contributed by atoms with Crippen LogP contribution in [0, 0.1) is 0 Å². The number of aromatic nitrogens is 4. The third-order valence-corrected chi connectivity index (χ3v) is 2.97. The van der Waals surface area contributed by atoms with E-state index in [0.717, 1.165) is 31.1 Å². The Hall–Kier alpha value is -1.69. The quantitative estimate of drug-likeness (QED) is 0.725. The summed E-state index contributed by atoms with van der Waals surface area (Å²) in [6, 6.07) is 0.434. The molecule has 0 spiro atoms. The van der Waals surface area contributed by atoms with Crippen LogP contribution in [0.1, 0.15) is 6.92 Å². The fourth-order valence-corrected chi connectivity index (χ4v) is 2.10.